The molecule has 0 saturated heterocycles. The van der Waals surface area contributed by atoms with Gasteiger partial charge in [0, 0.05) is 25.5 Å². The van der Waals surface area contributed by atoms with E-state index in [2.05, 4.69) is 10.2 Å². The third-order valence-corrected chi connectivity index (χ3v) is 3.37. The summed E-state index contributed by atoms with van der Waals surface area (Å²) in [5.41, 5.74) is 1.08. The van der Waals surface area contributed by atoms with Crippen LogP contribution in [-0.4, -0.2) is 34.2 Å². The molecule has 0 atom stereocenters. The minimum atomic E-state index is 0.720. The third-order valence-electron chi connectivity index (χ3n) is 2.39. The zero-order valence-corrected chi connectivity index (χ0v) is 10.8. The molecule has 17 heavy (non-hydrogen) atoms. The number of ether oxygens (including phenoxy) is 1. The van der Waals surface area contributed by atoms with Crippen molar-refractivity contribution in [3.8, 4) is 11.4 Å². The zero-order valence-electron chi connectivity index (χ0n) is 9.96. The molecular weight excluding hydrogens is 234 g/mol. The van der Waals surface area contributed by atoms with E-state index in [1.54, 1.807) is 18.9 Å². The van der Waals surface area contributed by atoms with Crippen LogP contribution in [0, 0.1) is 0 Å². The summed E-state index contributed by atoms with van der Waals surface area (Å²) in [5, 5.41) is 9.32. The molecule has 1 heterocycles. The van der Waals surface area contributed by atoms with Crippen LogP contribution in [-0.2, 0) is 11.8 Å². The fraction of sp³-hybridized carbons (Fsp3) is 0.333. The van der Waals surface area contributed by atoms with Gasteiger partial charge >= 0.3 is 0 Å². The Balaban J connectivity index is 2.15. The monoisotopic (exact) mass is 249 g/mol. The highest BCUT2D eigenvalue weighted by molar-refractivity contribution is 7.99. The number of hydrogen-bond donors (Lipinski definition) is 0. The van der Waals surface area contributed by atoms with Crippen molar-refractivity contribution in [2.45, 2.75) is 5.16 Å². The fourth-order valence-electron chi connectivity index (χ4n) is 1.50. The van der Waals surface area contributed by atoms with Crippen LogP contribution in [0.4, 0.5) is 0 Å². The van der Waals surface area contributed by atoms with Gasteiger partial charge in [0.1, 0.15) is 0 Å². The van der Waals surface area contributed by atoms with E-state index in [0.29, 0.717) is 0 Å². The summed E-state index contributed by atoms with van der Waals surface area (Å²) in [6.45, 7) is 0.720. The van der Waals surface area contributed by atoms with Crippen LogP contribution in [0.3, 0.4) is 0 Å². The number of thioether (sulfide) groups is 1. The van der Waals surface area contributed by atoms with Crippen LogP contribution in [0.1, 0.15) is 0 Å². The van der Waals surface area contributed by atoms with Crippen LogP contribution in [0.2, 0.25) is 0 Å². The number of nitrogens with zero attached hydrogens (tertiary/aromatic N) is 3. The second-order valence-electron chi connectivity index (χ2n) is 3.57. The number of hydrogen-bond acceptors (Lipinski definition) is 4. The molecule has 2 rings (SSSR count). The summed E-state index contributed by atoms with van der Waals surface area (Å²) in [7, 11) is 3.68. The smallest absolute Gasteiger partial charge is 0.191 e. The molecule has 0 saturated carbocycles. The average molecular weight is 249 g/mol. The lowest BCUT2D eigenvalue weighted by molar-refractivity contribution is 0.218. The number of methoxy groups -OCH3 is 1. The van der Waals surface area contributed by atoms with Crippen LogP contribution in [0.5, 0.6) is 0 Å². The van der Waals surface area contributed by atoms with Crippen molar-refractivity contribution in [1.82, 2.24) is 14.8 Å². The molecule has 0 spiro atoms. The Hall–Kier alpha value is -1.33. The summed E-state index contributed by atoms with van der Waals surface area (Å²) in [5.74, 6) is 1.78. The number of aromatic nitrogens is 3. The van der Waals surface area contributed by atoms with Gasteiger partial charge in [0.2, 0.25) is 0 Å². The van der Waals surface area contributed by atoms with Gasteiger partial charge in [-0.1, -0.05) is 42.1 Å². The maximum absolute atomic E-state index is 5.02. The van der Waals surface area contributed by atoms with Gasteiger partial charge in [-0.25, -0.2) is 0 Å². The summed E-state index contributed by atoms with van der Waals surface area (Å²) in [6.07, 6.45) is 0. The van der Waals surface area contributed by atoms with Crippen molar-refractivity contribution >= 4 is 11.8 Å². The minimum absolute atomic E-state index is 0.720. The topological polar surface area (TPSA) is 39.9 Å². The standard InChI is InChI=1S/C12H15N3OS/c1-15-11(10-6-4-3-5-7-10)13-14-12(15)17-9-8-16-2/h3-7H,8-9H2,1-2H3. The molecule has 0 aliphatic carbocycles. The molecule has 0 radical (unpaired) electrons. The molecule has 4 nitrogen and oxygen atoms in total. The Labute approximate surface area is 105 Å². The highest BCUT2D eigenvalue weighted by Crippen LogP contribution is 2.21. The molecule has 0 bridgehead atoms. The predicted octanol–water partition coefficient (Wildman–Crippen LogP) is 2.22. The van der Waals surface area contributed by atoms with E-state index in [1.807, 2.05) is 41.9 Å². The molecule has 1 aromatic carbocycles. The first-order chi connectivity index (χ1) is 8.33. The second-order valence-corrected chi connectivity index (χ2v) is 4.63. The van der Waals surface area contributed by atoms with Crippen molar-refractivity contribution in [2.24, 2.45) is 7.05 Å². The molecule has 0 aliphatic heterocycles. The quantitative estimate of drug-likeness (QED) is 0.602. The molecule has 0 aliphatic rings. The SMILES string of the molecule is COCCSc1nnc(-c2ccccc2)n1C. The van der Waals surface area contributed by atoms with Gasteiger partial charge in [-0.15, -0.1) is 10.2 Å². The van der Waals surface area contributed by atoms with Gasteiger partial charge in [0.05, 0.1) is 6.61 Å². The zero-order chi connectivity index (χ0) is 12.1. The first-order valence-electron chi connectivity index (χ1n) is 5.39. The number of rotatable bonds is 5. The molecule has 5 heteroatoms. The molecule has 0 unspecified atom stereocenters. The lowest BCUT2D eigenvalue weighted by atomic mass is 10.2. The van der Waals surface area contributed by atoms with Crippen LogP contribution < -0.4 is 0 Å². The van der Waals surface area contributed by atoms with E-state index in [1.165, 1.54) is 0 Å². The Kier molecular flexibility index (Phi) is 4.17. The van der Waals surface area contributed by atoms with E-state index >= 15 is 0 Å². The minimum Gasteiger partial charge on any atom is -0.384 e. The van der Waals surface area contributed by atoms with Gasteiger partial charge < -0.3 is 9.30 Å². The van der Waals surface area contributed by atoms with E-state index in [4.69, 9.17) is 4.74 Å². The van der Waals surface area contributed by atoms with Crippen molar-refractivity contribution in [3.63, 3.8) is 0 Å². The van der Waals surface area contributed by atoms with E-state index in [-0.39, 0.29) is 0 Å². The normalized spacial score (nSPS) is 10.7. The Morgan fingerprint density at radius 2 is 2.00 bits per heavy atom. The molecule has 1 aromatic heterocycles. The molecule has 90 valence electrons. The summed E-state index contributed by atoms with van der Waals surface area (Å²) in [6, 6.07) is 10.1. The first-order valence-corrected chi connectivity index (χ1v) is 6.38. The molecule has 0 N–H and O–H groups in total. The lowest BCUT2D eigenvalue weighted by Gasteiger charge is -2.03. The average Bonchev–Trinajstić information content (AvgIpc) is 2.73. The van der Waals surface area contributed by atoms with Gasteiger partial charge in [-0.3, -0.25) is 0 Å². The van der Waals surface area contributed by atoms with Crippen LogP contribution in [0.15, 0.2) is 35.5 Å². The summed E-state index contributed by atoms with van der Waals surface area (Å²) < 4.78 is 7.03. The van der Waals surface area contributed by atoms with Gasteiger partial charge in [-0.05, 0) is 0 Å². The third kappa shape index (κ3) is 2.87. The maximum atomic E-state index is 5.02. The Bertz CT molecular complexity index is 470. The highest BCUT2D eigenvalue weighted by atomic mass is 32.2. The van der Waals surface area contributed by atoms with E-state index in [0.717, 1.165) is 28.9 Å². The maximum Gasteiger partial charge on any atom is 0.191 e. The molecule has 0 amide bonds. The van der Waals surface area contributed by atoms with Crippen molar-refractivity contribution in [2.75, 3.05) is 19.5 Å². The highest BCUT2D eigenvalue weighted by Gasteiger charge is 2.10. The Morgan fingerprint density at radius 1 is 1.24 bits per heavy atom. The van der Waals surface area contributed by atoms with E-state index < -0.39 is 0 Å². The second kappa shape index (κ2) is 5.84. The predicted molar refractivity (Wildman–Crippen MR) is 69.0 cm³/mol. The van der Waals surface area contributed by atoms with E-state index in [9.17, 15) is 0 Å². The fourth-order valence-corrected chi connectivity index (χ4v) is 2.31. The molecule has 2 aromatic rings. The van der Waals surface area contributed by atoms with Crippen molar-refractivity contribution < 1.29 is 4.74 Å². The lowest BCUT2D eigenvalue weighted by Crippen LogP contribution is -1.97. The van der Waals surface area contributed by atoms with Gasteiger partial charge in [-0.2, -0.15) is 0 Å². The van der Waals surface area contributed by atoms with Crippen molar-refractivity contribution in [1.29, 1.82) is 0 Å². The summed E-state index contributed by atoms with van der Waals surface area (Å²) >= 11 is 1.65. The number of benzene rings is 1. The first kappa shape index (κ1) is 12.1. The van der Waals surface area contributed by atoms with Crippen molar-refractivity contribution in [3.05, 3.63) is 30.3 Å². The van der Waals surface area contributed by atoms with Crippen LogP contribution in [0.25, 0.3) is 11.4 Å². The summed E-state index contributed by atoms with van der Waals surface area (Å²) in [4.78, 5) is 0. The molecule has 0 fully saturated rings. The van der Waals surface area contributed by atoms with Crippen LogP contribution >= 0.6 is 11.8 Å². The van der Waals surface area contributed by atoms with Gasteiger partial charge in [0.25, 0.3) is 0 Å². The Morgan fingerprint density at radius 3 is 2.71 bits per heavy atom. The largest absolute Gasteiger partial charge is 0.384 e. The van der Waals surface area contributed by atoms with Gasteiger partial charge in [0.15, 0.2) is 11.0 Å². The molecular formula is C12H15N3OS.